The zero-order valence-corrected chi connectivity index (χ0v) is 17.7. The van der Waals surface area contributed by atoms with E-state index in [0.717, 1.165) is 16.7 Å². The van der Waals surface area contributed by atoms with Gasteiger partial charge in [0.1, 0.15) is 5.82 Å². The highest BCUT2D eigenvalue weighted by Gasteiger charge is 2.17. The van der Waals surface area contributed by atoms with Gasteiger partial charge in [-0.15, -0.1) is 0 Å². The molecule has 160 valence electrons. The number of nitrogens with zero attached hydrogens (tertiary/aromatic N) is 1. The van der Waals surface area contributed by atoms with Gasteiger partial charge in [-0.05, 0) is 59.9 Å². The summed E-state index contributed by atoms with van der Waals surface area (Å²) in [6, 6.07) is 21.2. The Hall–Kier alpha value is -3.86. The average molecular weight is 427 g/mol. The van der Waals surface area contributed by atoms with Crippen LogP contribution in [-0.4, -0.2) is 23.8 Å². The second kappa shape index (κ2) is 9.52. The minimum atomic E-state index is -0.513. The maximum absolute atomic E-state index is 13.2. The summed E-state index contributed by atoms with van der Waals surface area (Å²) in [6.45, 7) is 0. The van der Waals surface area contributed by atoms with Gasteiger partial charge >= 0.3 is 5.97 Å². The van der Waals surface area contributed by atoms with Crippen LogP contribution in [0.15, 0.2) is 79.0 Å². The lowest BCUT2D eigenvalue weighted by Gasteiger charge is -2.11. The highest BCUT2D eigenvalue weighted by atomic mass is 19.1. The van der Waals surface area contributed by atoms with Crippen LogP contribution in [0.5, 0.6) is 0 Å². The van der Waals surface area contributed by atoms with Crippen LogP contribution in [0.3, 0.4) is 0 Å². The number of aryl methyl sites for hydroxylation is 1. The summed E-state index contributed by atoms with van der Waals surface area (Å²) in [6.07, 6.45) is 3.18. The van der Waals surface area contributed by atoms with Crippen molar-refractivity contribution in [3.8, 4) is 0 Å². The van der Waals surface area contributed by atoms with Gasteiger partial charge in [-0.3, -0.25) is 9.78 Å². The number of rotatable bonds is 7. The molecule has 0 radical (unpaired) electrons. The van der Waals surface area contributed by atoms with Crippen molar-refractivity contribution in [3.63, 3.8) is 0 Å². The summed E-state index contributed by atoms with van der Waals surface area (Å²) in [4.78, 5) is 29.8. The Morgan fingerprint density at radius 2 is 1.66 bits per heavy atom. The lowest BCUT2D eigenvalue weighted by Crippen LogP contribution is -2.08. The Balaban J connectivity index is 1.70. The second-order valence-corrected chi connectivity index (χ2v) is 7.64. The SMILES string of the molecule is COC(=O)c1cc(C(=O)CCc2ccccc2)c2cc(Cc3ccc(F)cc3)cnc2c1. The second-order valence-electron chi connectivity index (χ2n) is 7.64. The van der Waals surface area contributed by atoms with E-state index in [4.69, 9.17) is 4.74 Å². The fourth-order valence-electron chi connectivity index (χ4n) is 3.71. The quantitative estimate of drug-likeness (QED) is 0.286. The number of halogens is 1. The van der Waals surface area contributed by atoms with E-state index in [2.05, 4.69) is 4.98 Å². The van der Waals surface area contributed by atoms with E-state index in [-0.39, 0.29) is 11.6 Å². The third-order valence-corrected chi connectivity index (χ3v) is 5.38. The predicted octanol–water partition coefficient (Wildman–Crippen LogP) is 5.57. The summed E-state index contributed by atoms with van der Waals surface area (Å²) in [5.74, 6) is -0.862. The van der Waals surface area contributed by atoms with Crippen molar-refractivity contribution in [2.75, 3.05) is 7.11 Å². The fraction of sp³-hybridized carbons (Fsp3) is 0.148. The average Bonchev–Trinajstić information content (AvgIpc) is 2.83. The normalized spacial score (nSPS) is 10.8. The molecule has 0 saturated heterocycles. The van der Waals surface area contributed by atoms with Crippen LogP contribution in [0.4, 0.5) is 4.39 Å². The van der Waals surface area contributed by atoms with Crippen LogP contribution in [-0.2, 0) is 17.6 Å². The lowest BCUT2D eigenvalue weighted by molar-refractivity contribution is 0.0601. The predicted molar refractivity (Wildman–Crippen MR) is 121 cm³/mol. The van der Waals surface area contributed by atoms with E-state index in [1.54, 1.807) is 30.5 Å². The van der Waals surface area contributed by atoms with Crippen molar-refractivity contribution >= 4 is 22.7 Å². The van der Waals surface area contributed by atoms with Gasteiger partial charge in [0.2, 0.25) is 0 Å². The molecule has 3 aromatic carbocycles. The van der Waals surface area contributed by atoms with E-state index in [1.807, 2.05) is 36.4 Å². The van der Waals surface area contributed by atoms with Crippen LogP contribution in [0, 0.1) is 5.82 Å². The van der Waals surface area contributed by atoms with Crippen molar-refractivity contribution in [1.29, 1.82) is 0 Å². The smallest absolute Gasteiger partial charge is 0.337 e. The molecule has 1 heterocycles. The first-order valence-corrected chi connectivity index (χ1v) is 10.4. The first kappa shape index (κ1) is 21.4. The number of carbonyl (C=O) groups excluding carboxylic acids is 2. The van der Waals surface area contributed by atoms with Crippen LogP contribution in [0.2, 0.25) is 0 Å². The molecule has 0 spiro atoms. The molecule has 0 amide bonds. The van der Waals surface area contributed by atoms with Gasteiger partial charge in [0.05, 0.1) is 18.2 Å². The van der Waals surface area contributed by atoms with Gasteiger partial charge in [-0.1, -0.05) is 42.5 Å². The van der Waals surface area contributed by atoms with E-state index < -0.39 is 5.97 Å². The number of aromatic nitrogens is 1. The number of methoxy groups -OCH3 is 1. The molecular formula is C27H22FNO3. The molecule has 0 unspecified atom stereocenters. The Morgan fingerprint density at radius 1 is 0.906 bits per heavy atom. The van der Waals surface area contributed by atoms with Crippen LogP contribution < -0.4 is 0 Å². The number of ketones is 1. The number of esters is 1. The molecule has 5 heteroatoms. The highest BCUT2D eigenvalue weighted by Crippen LogP contribution is 2.24. The molecule has 32 heavy (non-hydrogen) atoms. The third kappa shape index (κ3) is 4.89. The Labute approximate surface area is 185 Å². The molecule has 4 rings (SSSR count). The summed E-state index contributed by atoms with van der Waals surface area (Å²) in [7, 11) is 1.31. The molecule has 0 aliphatic carbocycles. The molecule has 0 bridgehead atoms. The monoisotopic (exact) mass is 427 g/mol. The molecular weight excluding hydrogens is 405 g/mol. The first-order valence-electron chi connectivity index (χ1n) is 10.4. The van der Waals surface area contributed by atoms with Crippen molar-refractivity contribution in [3.05, 3.63) is 113 Å². The topological polar surface area (TPSA) is 56.3 Å². The Morgan fingerprint density at radius 3 is 2.38 bits per heavy atom. The molecule has 0 N–H and O–H groups in total. The highest BCUT2D eigenvalue weighted by molar-refractivity contribution is 6.10. The van der Waals surface area contributed by atoms with Crippen LogP contribution in [0.25, 0.3) is 10.9 Å². The molecule has 1 aromatic heterocycles. The molecule has 0 fully saturated rings. The molecule has 4 aromatic rings. The Bertz CT molecular complexity index is 1270. The number of benzene rings is 3. The Kier molecular flexibility index (Phi) is 6.36. The van der Waals surface area contributed by atoms with Crippen molar-refractivity contribution in [2.45, 2.75) is 19.3 Å². The number of carbonyl (C=O) groups is 2. The number of fused-ring (bicyclic) bond motifs is 1. The van der Waals surface area contributed by atoms with Gasteiger partial charge < -0.3 is 4.74 Å². The number of pyridine rings is 1. The third-order valence-electron chi connectivity index (χ3n) is 5.38. The van der Waals surface area contributed by atoms with E-state index in [9.17, 15) is 14.0 Å². The minimum Gasteiger partial charge on any atom is -0.465 e. The van der Waals surface area contributed by atoms with Crippen molar-refractivity contribution in [2.24, 2.45) is 0 Å². The summed E-state index contributed by atoms with van der Waals surface area (Å²) in [5.41, 5.74) is 4.21. The summed E-state index contributed by atoms with van der Waals surface area (Å²) < 4.78 is 18.1. The molecule has 4 nitrogen and oxygen atoms in total. The van der Waals surface area contributed by atoms with E-state index in [1.165, 1.54) is 19.2 Å². The largest absolute Gasteiger partial charge is 0.465 e. The van der Waals surface area contributed by atoms with Gasteiger partial charge in [0.15, 0.2) is 5.78 Å². The number of Topliss-reactive ketones (excluding diaryl/α,β-unsaturated/α-hetero) is 1. The molecule has 0 atom stereocenters. The summed E-state index contributed by atoms with van der Waals surface area (Å²) >= 11 is 0. The van der Waals surface area contributed by atoms with Gasteiger partial charge in [0, 0.05) is 23.6 Å². The van der Waals surface area contributed by atoms with Crippen molar-refractivity contribution in [1.82, 2.24) is 4.98 Å². The zero-order valence-electron chi connectivity index (χ0n) is 17.7. The molecule has 0 aliphatic rings. The van der Waals surface area contributed by atoms with Crippen molar-refractivity contribution < 1.29 is 18.7 Å². The summed E-state index contributed by atoms with van der Waals surface area (Å²) in [5, 5.41) is 0.690. The number of hydrogen-bond acceptors (Lipinski definition) is 4. The van der Waals surface area contributed by atoms with Crippen LogP contribution in [0.1, 0.15) is 43.8 Å². The molecule has 0 saturated carbocycles. The van der Waals surface area contributed by atoms with Gasteiger partial charge in [-0.2, -0.15) is 0 Å². The number of hydrogen-bond donors (Lipinski definition) is 0. The molecule has 0 aliphatic heterocycles. The number of ether oxygens (including phenoxy) is 1. The lowest BCUT2D eigenvalue weighted by atomic mass is 9.95. The first-order chi connectivity index (χ1) is 15.5. The maximum atomic E-state index is 13.2. The van der Waals surface area contributed by atoms with E-state index in [0.29, 0.717) is 41.3 Å². The minimum absolute atomic E-state index is 0.0645. The van der Waals surface area contributed by atoms with Gasteiger partial charge in [0.25, 0.3) is 0 Å². The van der Waals surface area contributed by atoms with Gasteiger partial charge in [-0.25, -0.2) is 9.18 Å². The maximum Gasteiger partial charge on any atom is 0.337 e. The fourth-order valence-corrected chi connectivity index (χ4v) is 3.71. The zero-order chi connectivity index (χ0) is 22.5. The van der Waals surface area contributed by atoms with E-state index >= 15 is 0 Å². The van der Waals surface area contributed by atoms with Crippen LogP contribution >= 0.6 is 0 Å². The standard InChI is InChI=1S/C27H22FNO3/c1-32-27(31)21-15-24(26(30)12-9-18-5-3-2-4-6-18)23-14-20(17-29-25(23)16-21)13-19-7-10-22(28)11-8-19/h2-8,10-11,14-17H,9,12-13H2,1H3.